The van der Waals surface area contributed by atoms with Gasteiger partial charge >= 0.3 is 0 Å². The van der Waals surface area contributed by atoms with E-state index < -0.39 is 10.8 Å². The maximum atomic E-state index is 11.3. The van der Waals surface area contributed by atoms with Gasteiger partial charge in [0.2, 0.25) is 0 Å². The Morgan fingerprint density at radius 2 is 2.32 bits per heavy atom. The minimum absolute atomic E-state index is 0.258. The van der Waals surface area contributed by atoms with E-state index in [1.165, 1.54) is 0 Å². The Hall–Kier alpha value is -0.830. The summed E-state index contributed by atoms with van der Waals surface area (Å²) in [6.45, 7) is 3.58. The lowest BCUT2D eigenvalue weighted by molar-refractivity contribution is 0.365. The highest BCUT2D eigenvalue weighted by Crippen LogP contribution is 2.23. The topological polar surface area (TPSA) is 38.3 Å². The van der Waals surface area contributed by atoms with Gasteiger partial charge in [0.15, 0.2) is 0 Å². The molecule has 1 unspecified atom stereocenters. The summed E-state index contributed by atoms with van der Waals surface area (Å²) in [5, 5.41) is 3.27. The predicted molar refractivity (Wildman–Crippen MR) is 83.7 cm³/mol. The molecule has 0 aliphatic rings. The van der Waals surface area contributed by atoms with Crippen LogP contribution in [-0.4, -0.2) is 28.9 Å². The minimum atomic E-state index is -0.729. The summed E-state index contributed by atoms with van der Waals surface area (Å²) in [4.78, 5) is 0. The molecule has 0 radical (unpaired) electrons. The van der Waals surface area contributed by atoms with Crippen molar-refractivity contribution in [3.63, 3.8) is 0 Å². The Bertz CT molecular complexity index is 471. The fourth-order valence-corrected chi connectivity index (χ4v) is 2.57. The van der Waals surface area contributed by atoms with E-state index in [1.807, 2.05) is 25.1 Å². The van der Waals surface area contributed by atoms with Crippen molar-refractivity contribution in [1.82, 2.24) is 5.32 Å². The van der Waals surface area contributed by atoms with Crippen molar-refractivity contribution < 1.29 is 8.95 Å². The zero-order chi connectivity index (χ0) is 14.1. The van der Waals surface area contributed by atoms with Crippen molar-refractivity contribution in [3.8, 4) is 18.1 Å². The third-order valence-corrected chi connectivity index (χ3v) is 4.27. The number of nitrogens with one attached hydrogen (secondary N) is 1. The summed E-state index contributed by atoms with van der Waals surface area (Å²) in [7, 11) is -0.729. The van der Waals surface area contributed by atoms with Crippen LogP contribution in [0.3, 0.4) is 0 Å². The summed E-state index contributed by atoms with van der Waals surface area (Å²) in [6.07, 6.45) is 5.19. The molecule has 1 aromatic carbocycles. The Morgan fingerprint density at radius 3 is 3.00 bits per heavy atom. The summed E-state index contributed by atoms with van der Waals surface area (Å²) < 4.78 is 17.8. The lowest BCUT2D eigenvalue weighted by atomic mass is 10.2. The van der Waals surface area contributed by atoms with Crippen LogP contribution >= 0.6 is 15.9 Å². The molecule has 0 spiro atoms. The van der Waals surface area contributed by atoms with Crippen molar-refractivity contribution in [2.24, 2.45) is 0 Å². The highest BCUT2D eigenvalue weighted by molar-refractivity contribution is 9.10. The number of benzene rings is 1. The van der Waals surface area contributed by atoms with Crippen LogP contribution in [0.4, 0.5) is 0 Å². The van der Waals surface area contributed by atoms with E-state index in [0.717, 1.165) is 22.3 Å². The molecule has 1 atom stereocenters. The number of rotatable bonds is 8. The van der Waals surface area contributed by atoms with Gasteiger partial charge in [-0.25, -0.2) is 0 Å². The quantitative estimate of drug-likeness (QED) is 0.581. The van der Waals surface area contributed by atoms with E-state index in [-0.39, 0.29) is 6.61 Å². The van der Waals surface area contributed by atoms with Gasteiger partial charge in [-0.1, -0.05) is 28.8 Å². The molecule has 5 heteroatoms. The Labute approximate surface area is 125 Å². The maximum absolute atomic E-state index is 11.3. The highest BCUT2D eigenvalue weighted by Gasteiger charge is 2.04. The van der Waals surface area contributed by atoms with Crippen LogP contribution < -0.4 is 10.1 Å². The SMILES string of the molecule is C#CCOc1ccc(Br)cc1CNCCS(=O)CC. The minimum Gasteiger partial charge on any atom is -0.481 e. The summed E-state index contributed by atoms with van der Waals surface area (Å²) >= 11 is 3.44. The molecule has 3 nitrogen and oxygen atoms in total. The second kappa shape index (κ2) is 9.13. The van der Waals surface area contributed by atoms with E-state index in [2.05, 4.69) is 27.2 Å². The predicted octanol–water partition coefficient (Wildman–Crippen LogP) is 2.32. The molecule has 1 aromatic rings. The average Bonchev–Trinajstić information content (AvgIpc) is 2.42. The largest absolute Gasteiger partial charge is 0.481 e. The van der Waals surface area contributed by atoms with E-state index in [4.69, 9.17) is 11.2 Å². The van der Waals surface area contributed by atoms with Crippen molar-refractivity contribution in [2.45, 2.75) is 13.5 Å². The molecule has 0 aliphatic carbocycles. The van der Waals surface area contributed by atoms with E-state index >= 15 is 0 Å². The number of terminal acetylenes is 1. The third kappa shape index (κ3) is 6.24. The fraction of sp³-hybridized carbons (Fsp3) is 0.429. The highest BCUT2D eigenvalue weighted by atomic mass is 79.9. The summed E-state index contributed by atoms with van der Waals surface area (Å²) in [5.74, 6) is 4.61. The molecule has 0 saturated carbocycles. The van der Waals surface area contributed by atoms with E-state index in [1.54, 1.807) is 0 Å². The third-order valence-electron chi connectivity index (χ3n) is 2.48. The molecular weight excluding hydrogens is 326 g/mol. The van der Waals surface area contributed by atoms with Crippen molar-refractivity contribution >= 4 is 26.7 Å². The lowest BCUT2D eigenvalue weighted by Gasteiger charge is -2.11. The maximum Gasteiger partial charge on any atom is 0.148 e. The van der Waals surface area contributed by atoms with Crippen LogP contribution in [0, 0.1) is 12.3 Å². The Morgan fingerprint density at radius 1 is 1.53 bits per heavy atom. The van der Waals surface area contributed by atoms with Crippen LogP contribution in [0.2, 0.25) is 0 Å². The molecule has 1 rings (SSSR count). The van der Waals surface area contributed by atoms with E-state index in [9.17, 15) is 4.21 Å². The zero-order valence-electron chi connectivity index (χ0n) is 10.9. The summed E-state index contributed by atoms with van der Waals surface area (Å²) in [5.41, 5.74) is 1.03. The van der Waals surface area contributed by atoms with Crippen LogP contribution in [0.25, 0.3) is 0 Å². The van der Waals surface area contributed by atoms with Gasteiger partial charge in [0.1, 0.15) is 12.4 Å². The summed E-state index contributed by atoms with van der Waals surface area (Å²) in [6, 6.07) is 5.81. The van der Waals surface area contributed by atoms with Crippen LogP contribution in [0.15, 0.2) is 22.7 Å². The smallest absolute Gasteiger partial charge is 0.148 e. The van der Waals surface area contributed by atoms with Gasteiger partial charge in [-0.3, -0.25) is 4.21 Å². The zero-order valence-corrected chi connectivity index (χ0v) is 13.4. The first-order valence-electron chi connectivity index (χ1n) is 6.07. The van der Waals surface area contributed by atoms with Crippen LogP contribution in [0.5, 0.6) is 5.75 Å². The van der Waals surface area contributed by atoms with Gasteiger partial charge in [-0.2, -0.15) is 0 Å². The standard InChI is InChI=1S/C14H18BrNO2S/c1-3-8-18-14-6-5-13(15)10-12(14)11-16-7-9-19(17)4-2/h1,5-6,10,16H,4,7-9,11H2,2H3. The number of hydrogen-bond donors (Lipinski definition) is 1. The van der Waals surface area contributed by atoms with Gasteiger partial charge in [0, 0.05) is 45.4 Å². The Balaban J connectivity index is 2.53. The molecule has 0 fully saturated rings. The second-order valence-electron chi connectivity index (χ2n) is 3.85. The molecule has 0 aromatic heterocycles. The van der Waals surface area contributed by atoms with Gasteiger partial charge in [-0.15, -0.1) is 6.42 Å². The lowest BCUT2D eigenvalue weighted by Crippen LogP contribution is -2.21. The van der Waals surface area contributed by atoms with Crippen molar-refractivity contribution in [3.05, 3.63) is 28.2 Å². The van der Waals surface area contributed by atoms with E-state index in [0.29, 0.717) is 18.1 Å². The molecule has 104 valence electrons. The monoisotopic (exact) mass is 343 g/mol. The molecule has 0 heterocycles. The number of halogens is 1. The first-order chi connectivity index (χ1) is 9.17. The Kier molecular flexibility index (Phi) is 7.80. The van der Waals surface area contributed by atoms with Crippen LogP contribution in [-0.2, 0) is 17.3 Å². The number of ether oxygens (including phenoxy) is 1. The normalized spacial score (nSPS) is 11.8. The number of hydrogen-bond acceptors (Lipinski definition) is 3. The van der Waals surface area contributed by atoms with Crippen molar-refractivity contribution in [2.75, 3.05) is 24.7 Å². The first-order valence-corrected chi connectivity index (χ1v) is 8.35. The molecule has 1 N–H and O–H groups in total. The molecule has 0 aliphatic heterocycles. The van der Waals surface area contributed by atoms with Crippen LogP contribution in [0.1, 0.15) is 12.5 Å². The van der Waals surface area contributed by atoms with Gasteiger partial charge in [-0.05, 0) is 18.2 Å². The molecule has 0 saturated heterocycles. The second-order valence-corrected chi connectivity index (χ2v) is 6.64. The fourth-order valence-electron chi connectivity index (χ4n) is 1.50. The first kappa shape index (κ1) is 16.2. The van der Waals surface area contributed by atoms with Gasteiger partial charge in [0.25, 0.3) is 0 Å². The van der Waals surface area contributed by atoms with Gasteiger partial charge in [0.05, 0.1) is 0 Å². The molecule has 19 heavy (non-hydrogen) atoms. The molecular formula is C14H18BrNO2S. The van der Waals surface area contributed by atoms with Crippen molar-refractivity contribution in [1.29, 1.82) is 0 Å². The molecule has 0 amide bonds. The molecule has 0 bridgehead atoms. The van der Waals surface area contributed by atoms with Gasteiger partial charge < -0.3 is 10.1 Å². The average molecular weight is 344 g/mol.